The Labute approximate surface area is 144 Å². The van der Waals surface area contributed by atoms with Gasteiger partial charge in [0, 0.05) is 17.9 Å². The molecule has 5 rings (SSSR count). The number of ether oxygens (including phenoxy) is 1. The van der Waals surface area contributed by atoms with Crippen LogP contribution in [0.2, 0.25) is 0 Å². The maximum absolute atomic E-state index is 5.82. The molecule has 0 amide bonds. The van der Waals surface area contributed by atoms with E-state index in [2.05, 4.69) is 30.1 Å². The summed E-state index contributed by atoms with van der Waals surface area (Å²) >= 11 is 0. The van der Waals surface area contributed by atoms with E-state index in [-0.39, 0.29) is 5.60 Å². The number of hydrogen-bond donors (Lipinski definition) is 0. The number of likely N-dealkylation sites (tertiary alicyclic amines) is 1. The minimum absolute atomic E-state index is 0.0268. The zero-order valence-corrected chi connectivity index (χ0v) is 14.7. The highest BCUT2D eigenvalue weighted by atomic mass is 17.2. The van der Waals surface area contributed by atoms with E-state index in [1.54, 1.807) is 12.7 Å². The molecule has 2 aliphatic carbocycles. The van der Waals surface area contributed by atoms with Crippen molar-refractivity contribution in [2.24, 2.45) is 5.92 Å². The number of piperidine rings is 1. The number of hydrogen-bond acceptors (Lipinski definition) is 4. The third-order valence-corrected chi connectivity index (χ3v) is 7.43. The Balaban J connectivity index is 1.61. The van der Waals surface area contributed by atoms with E-state index in [9.17, 15) is 0 Å². The summed E-state index contributed by atoms with van der Waals surface area (Å²) in [5.74, 6) is 1.66. The first-order valence-corrected chi connectivity index (χ1v) is 9.34. The van der Waals surface area contributed by atoms with Gasteiger partial charge in [-0.1, -0.05) is 6.07 Å². The van der Waals surface area contributed by atoms with E-state index in [0.717, 1.165) is 38.0 Å². The Morgan fingerprint density at radius 3 is 2.92 bits per heavy atom. The minimum Gasteiger partial charge on any atom is -0.497 e. The lowest BCUT2D eigenvalue weighted by Gasteiger charge is -2.60. The Morgan fingerprint density at radius 2 is 2.12 bits per heavy atom. The van der Waals surface area contributed by atoms with Gasteiger partial charge in [0.15, 0.2) is 0 Å². The zero-order chi connectivity index (χ0) is 16.4. The molecular formula is C20H27NO3. The average Bonchev–Trinajstić information content (AvgIpc) is 3.06. The molecular weight excluding hydrogens is 302 g/mol. The van der Waals surface area contributed by atoms with Gasteiger partial charge >= 0.3 is 0 Å². The van der Waals surface area contributed by atoms with Crippen molar-refractivity contribution in [3.63, 3.8) is 0 Å². The first kappa shape index (κ1) is 15.2. The molecule has 0 N–H and O–H groups in total. The van der Waals surface area contributed by atoms with Crippen LogP contribution in [0.4, 0.5) is 0 Å². The number of likely N-dealkylation sites (N-methyl/N-ethyl adjacent to an activating group) is 1. The summed E-state index contributed by atoms with van der Waals surface area (Å²) in [5.41, 5.74) is 3.37. The molecule has 4 heteroatoms. The third kappa shape index (κ3) is 1.97. The fourth-order valence-electron chi connectivity index (χ4n) is 6.05. The number of rotatable bonds is 1. The normalized spacial score (nSPS) is 41.1. The van der Waals surface area contributed by atoms with E-state index < -0.39 is 0 Å². The van der Waals surface area contributed by atoms with Crippen molar-refractivity contribution < 1.29 is 14.5 Å². The lowest BCUT2D eigenvalue weighted by Crippen LogP contribution is -2.63. The van der Waals surface area contributed by atoms with Crippen LogP contribution in [0, 0.1) is 5.92 Å². The SMILES string of the molecule is COc1ccc2c(c1)[C@]13CCN(C)[C@H](C2)[C@@H]1CC1(CCOO1)CC3. The first-order valence-electron chi connectivity index (χ1n) is 9.34. The van der Waals surface area contributed by atoms with E-state index in [1.165, 1.54) is 24.9 Å². The maximum atomic E-state index is 5.82. The molecule has 2 aliphatic heterocycles. The minimum atomic E-state index is -0.0268. The number of methoxy groups -OCH3 is 1. The fourth-order valence-corrected chi connectivity index (χ4v) is 6.05. The maximum Gasteiger partial charge on any atom is 0.119 e. The summed E-state index contributed by atoms with van der Waals surface area (Å²) in [6, 6.07) is 7.39. The molecule has 1 saturated carbocycles. The molecule has 24 heavy (non-hydrogen) atoms. The van der Waals surface area contributed by atoms with Gasteiger partial charge in [0.05, 0.1) is 13.7 Å². The molecule has 1 spiro atoms. The summed E-state index contributed by atoms with van der Waals surface area (Å²) < 4.78 is 5.55. The van der Waals surface area contributed by atoms with Crippen LogP contribution >= 0.6 is 0 Å². The van der Waals surface area contributed by atoms with E-state index >= 15 is 0 Å². The largest absolute Gasteiger partial charge is 0.497 e. The van der Waals surface area contributed by atoms with E-state index in [1.807, 2.05) is 0 Å². The molecule has 1 aromatic carbocycles. The summed E-state index contributed by atoms with van der Waals surface area (Å²) in [5, 5.41) is 0. The van der Waals surface area contributed by atoms with Crippen LogP contribution in [-0.4, -0.2) is 43.9 Å². The fraction of sp³-hybridized carbons (Fsp3) is 0.700. The summed E-state index contributed by atoms with van der Waals surface area (Å²) in [4.78, 5) is 13.7. The van der Waals surface area contributed by atoms with Crippen LogP contribution in [0.5, 0.6) is 5.75 Å². The first-order chi connectivity index (χ1) is 11.7. The molecule has 1 aromatic rings. The molecule has 1 unspecified atom stereocenters. The lowest BCUT2D eigenvalue weighted by atomic mass is 9.50. The van der Waals surface area contributed by atoms with Crippen LogP contribution in [0.1, 0.15) is 43.2 Å². The summed E-state index contributed by atoms with van der Waals surface area (Å²) in [6.45, 7) is 1.95. The highest BCUT2D eigenvalue weighted by Gasteiger charge is 2.59. The molecule has 130 valence electrons. The second kappa shape index (κ2) is 5.20. The van der Waals surface area contributed by atoms with Crippen molar-refractivity contribution in [1.29, 1.82) is 0 Å². The molecule has 0 aromatic heterocycles. The second-order valence-corrected chi connectivity index (χ2v) is 8.33. The molecule has 4 atom stereocenters. The van der Waals surface area contributed by atoms with Gasteiger partial charge in [-0.25, -0.2) is 9.78 Å². The quantitative estimate of drug-likeness (QED) is 0.741. The number of nitrogens with zero attached hydrogens (tertiary/aromatic N) is 1. The van der Waals surface area contributed by atoms with Gasteiger partial charge in [0.1, 0.15) is 11.4 Å². The van der Waals surface area contributed by atoms with Gasteiger partial charge in [-0.15, -0.1) is 0 Å². The van der Waals surface area contributed by atoms with Crippen LogP contribution in [0.15, 0.2) is 18.2 Å². The highest BCUT2D eigenvalue weighted by molar-refractivity contribution is 5.46. The van der Waals surface area contributed by atoms with Gasteiger partial charge in [0.2, 0.25) is 0 Å². The predicted octanol–water partition coefficient (Wildman–Crippen LogP) is 3.08. The Kier molecular flexibility index (Phi) is 3.29. The standard InChI is InChI=1S/C20H27NO3/c1-21-9-7-20-6-5-19(8-10-23-24-19)13-17(20)18(21)11-14-3-4-15(22-2)12-16(14)20/h3-4,12,17-18H,5-11,13H2,1-2H3/t17-,18+,19?,20-/m0/s1. The molecule has 0 radical (unpaired) electrons. The van der Waals surface area contributed by atoms with E-state index in [4.69, 9.17) is 14.5 Å². The van der Waals surface area contributed by atoms with Crippen LogP contribution in [-0.2, 0) is 21.6 Å². The molecule has 4 aliphatic rings. The third-order valence-electron chi connectivity index (χ3n) is 7.43. The molecule has 4 nitrogen and oxygen atoms in total. The highest BCUT2D eigenvalue weighted by Crippen LogP contribution is 2.59. The topological polar surface area (TPSA) is 30.9 Å². The monoisotopic (exact) mass is 329 g/mol. The van der Waals surface area contributed by atoms with Crippen LogP contribution in [0.3, 0.4) is 0 Å². The van der Waals surface area contributed by atoms with Crippen molar-refractivity contribution in [3.05, 3.63) is 29.3 Å². The van der Waals surface area contributed by atoms with Crippen molar-refractivity contribution in [3.8, 4) is 5.75 Å². The Hall–Kier alpha value is -1.10. The van der Waals surface area contributed by atoms with Gasteiger partial charge in [-0.3, -0.25) is 0 Å². The van der Waals surface area contributed by atoms with Crippen LogP contribution < -0.4 is 4.74 Å². The Morgan fingerprint density at radius 1 is 1.21 bits per heavy atom. The zero-order valence-electron chi connectivity index (χ0n) is 14.7. The Bertz CT molecular complexity index is 654. The number of benzene rings is 1. The smallest absolute Gasteiger partial charge is 0.119 e. The van der Waals surface area contributed by atoms with Crippen molar-refractivity contribution in [2.45, 2.75) is 55.6 Å². The van der Waals surface area contributed by atoms with Gasteiger partial charge in [-0.05, 0) is 74.9 Å². The second-order valence-electron chi connectivity index (χ2n) is 8.33. The summed E-state index contributed by atoms with van der Waals surface area (Å²) in [6.07, 6.45) is 6.93. The molecule has 2 bridgehead atoms. The molecule has 3 fully saturated rings. The van der Waals surface area contributed by atoms with Gasteiger partial charge < -0.3 is 9.64 Å². The predicted molar refractivity (Wildman–Crippen MR) is 91.1 cm³/mol. The van der Waals surface area contributed by atoms with Crippen LogP contribution in [0.25, 0.3) is 0 Å². The van der Waals surface area contributed by atoms with Crippen molar-refractivity contribution in [1.82, 2.24) is 4.90 Å². The lowest BCUT2D eigenvalue weighted by molar-refractivity contribution is -0.322. The van der Waals surface area contributed by atoms with Gasteiger partial charge in [0.25, 0.3) is 0 Å². The average molecular weight is 329 g/mol. The molecule has 2 saturated heterocycles. The van der Waals surface area contributed by atoms with Gasteiger partial charge in [-0.2, -0.15) is 0 Å². The van der Waals surface area contributed by atoms with Crippen molar-refractivity contribution >= 4 is 0 Å². The van der Waals surface area contributed by atoms with E-state index in [0.29, 0.717) is 17.4 Å². The molecule has 2 heterocycles. The van der Waals surface area contributed by atoms with Crippen molar-refractivity contribution in [2.75, 3.05) is 27.3 Å². The number of fused-ring (bicyclic) bond motifs is 1. The summed E-state index contributed by atoms with van der Waals surface area (Å²) in [7, 11) is 4.08.